The zero-order valence-electron chi connectivity index (χ0n) is 17.5. The van der Waals surface area contributed by atoms with Gasteiger partial charge in [0, 0.05) is 35.0 Å². The molecule has 2 aromatic carbocycles. The third-order valence-electron chi connectivity index (χ3n) is 5.58. The smallest absolute Gasteiger partial charge is 0.228 e. The lowest BCUT2D eigenvalue weighted by atomic mass is 10.0. The zero-order valence-corrected chi connectivity index (χ0v) is 18.3. The summed E-state index contributed by atoms with van der Waals surface area (Å²) in [6.07, 6.45) is 3.23. The van der Waals surface area contributed by atoms with E-state index in [1.54, 1.807) is 12.1 Å². The predicted molar refractivity (Wildman–Crippen MR) is 124 cm³/mol. The van der Waals surface area contributed by atoms with Crippen LogP contribution in [0.4, 0.5) is 5.69 Å². The van der Waals surface area contributed by atoms with E-state index in [1.807, 2.05) is 36.9 Å². The fraction of sp³-hybridized carbons (Fsp3) is 0.261. The van der Waals surface area contributed by atoms with Gasteiger partial charge in [0.1, 0.15) is 11.6 Å². The molecule has 7 nitrogen and oxygen atoms in total. The molecule has 5 N–H and O–H groups in total. The molecular formula is C23H26ClN5O2. The minimum Gasteiger partial charge on any atom is -0.508 e. The Bertz CT molecular complexity index is 1170. The molecule has 0 radical (unpaired) electrons. The van der Waals surface area contributed by atoms with Crippen molar-refractivity contribution in [2.45, 2.75) is 32.6 Å². The molecule has 0 bridgehead atoms. The summed E-state index contributed by atoms with van der Waals surface area (Å²) in [7, 11) is 1.98. The van der Waals surface area contributed by atoms with Gasteiger partial charge in [0.25, 0.3) is 0 Å². The average Bonchev–Trinajstić information content (AvgIpc) is 3.24. The highest BCUT2D eigenvalue weighted by Crippen LogP contribution is 2.34. The summed E-state index contributed by atoms with van der Waals surface area (Å²) in [4.78, 5) is 12.5. The second-order valence-corrected chi connectivity index (χ2v) is 7.76. The van der Waals surface area contributed by atoms with Gasteiger partial charge in [-0.2, -0.15) is 5.10 Å². The minimum absolute atomic E-state index is 0. The number of phenols is 1. The van der Waals surface area contributed by atoms with Crippen LogP contribution < -0.4 is 11.1 Å². The predicted octanol–water partition coefficient (Wildman–Crippen LogP) is 3.48. The summed E-state index contributed by atoms with van der Waals surface area (Å²) in [5, 5.41) is 25.1. The minimum atomic E-state index is -0.250. The van der Waals surface area contributed by atoms with Gasteiger partial charge in [-0.3, -0.25) is 14.9 Å². The number of hydrogen-bond donors (Lipinski definition) is 4. The number of phenolic OH excluding ortho intramolecular Hbond substituents is 1. The highest BCUT2D eigenvalue weighted by molar-refractivity contribution is 5.96. The Morgan fingerprint density at radius 3 is 2.74 bits per heavy atom. The summed E-state index contributed by atoms with van der Waals surface area (Å²) in [6.45, 7) is 2.03. The number of carbonyl (C=O) groups is 1. The molecule has 1 heterocycles. The van der Waals surface area contributed by atoms with Crippen LogP contribution in [0.5, 0.6) is 5.75 Å². The van der Waals surface area contributed by atoms with Gasteiger partial charge in [0.2, 0.25) is 5.91 Å². The number of anilines is 1. The van der Waals surface area contributed by atoms with Crippen LogP contribution in [0.15, 0.2) is 36.4 Å². The molecule has 1 amide bonds. The van der Waals surface area contributed by atoms with E-state index in [0.717, 1.165) is 36.1 Å². The molecule has 8 heteroatoms. The molecule has 0 unspecified atom stereocenters. The van der Waals surface area contributed by atoms with Crippen LogP contribution in [-0.4, -0.2) is 26.6 Å². The summed E-state index contributed by atoms with van der Waals surface area (Å²) in [5.74, 6) is -0.351. The molecule has 162 valence electrons. The van der Waals surface area contributed by atoms with E-state index in [2.05, 4.69) is 10.4 Å². The van der Waals surface area contributed by atoms with Crippen molar-refractivity contribution in [2.75, 3.05) is 5.32 Å². The molecule has 1 aliphatic carbocycles. The quantitative estimate of drug-likeness (QED) is 0.359. The van der Waals surface area contributed by atoms with Gasteiger partial charge in [-0.1, -0.05) is 6.07 Å². The van der Waals surface area contributed by atoms with Crippen molar-refractivity contribution in [1.29, 1.82) is 5.41 Å². The SMILES string of the molecule is Cc1cc(NC(=O)Cc2cc(C(=N)N)ccc2O)ccc1-c1c2c(nn1C)CCC2.Cl. The number of nitrogens with one attached hydrogen (secondary N) is 2. The largest absolute Gasteiger partial charge is 0.508 e. The molecule has 0 spiro atoms. The number of benzene rings is 2. The number of aryl methyl sites for hydroxylation is 3. The first-order valence-corrected chi connectivity index (χ1v) is 9.95. The highest BCUT2D eigenvalue weighted by atomic mass is 35.5. The fourth-order valence-electron chi connectivity index (χ4n) is 4.14. The van der Waals surface area contributed by atoms with Crippen molar-refractivity contribution in [3.05, 3.63) is 64.3 Å². The summed E-state index contributed by atoms with van der Waals surface area (Å²) in [6, 6.07) is 10.4. The molecule has 1 aliphatic rings. The van der Waals surface area contributed by atoms with Crippen LogP contribution >= 0.6 is 12.4 Å². The van der Waals surface area contributed by atoms with Gasteiger partial charge in [0.15, 0.2) is 0 Å². The topological polar surface area (TPSA) is 117 Å². The first-order chi connectivity index (χ1) is 14.3. The molecule has 0 aliphatic heterocycles. The number of halogens is 1. The van der Waals surface area contributed by atoms with E-state index in [9.17, 15) is 9.90 Å². The van der Waals surface area contributed by atoms with Crippen molar-refractivity contribution >= 4 is 29.8 Å². The van der Waals surface area contributed by atoms with Crippen LogP contribution in [0.25, 0.3) is 11.3 Å². The maximum atomic E-state index is 12.5. The van der Waals surface area contributed by atoms with Gasteiger partial charge in [-0.15, -0.1) is 12.4 Å². The fourth-order valence-corrected chi connectivity index (χ4v) is 4.14. The Morgan fingerprint density at radius 1 is 1.26 bits per heavy atom. The van der Waals surface area contributed by atoms with Crippen molar-refractivity contribution in [3.8, 4) is 17.0 Å². The van der Waals surface area contributed by atoms with E-state index in [1.165, 1.54) is 17.3 Å². The number of amidine groups is 1. The molecule has 0 saturated carbocycles. The van der Waals surface area contributed by atoms with Crippen molar-refractivity contribution in [1.82, 2.24) is 9.78 Å². The van der Waals surface area contributed by atoms with Gasteiger partial charge in [-0.05, 0) is 62.1 Å². The lowest BCUT2D eigenvalue weighted by Crippen LogP contribution is -2.16. The molecule has 1 aromatic heterocycles. The van der Waals surface area contributed by atoms with E-state index >= 15 is 0 Å². The van der Waals surface area contributed by atoms with E-state index in [4.69, 9.17) is 11.1 Å². The maximum absolute atomic E-state index is 12.5. The number of aromatic hydroxyl groups is 1. The molecule has 0 atom stereocenters. The number of nitrogen functional groups attached to an aromatic ring is 1. The van der Waals surface area contributed by atoms with Crippen LogP contribution in [0.1, 0.15) is 34.4 Å². The average molecular weight is 440 g/mol. The monoisotopic (exact) mass is 439 g/mol. The molecule has 4 rings (SSSR count). The van der Waals surface area contributed by atoms with E-state index in [0.29, 0.717) is 16.8 Å². The van der Waals surface area contributed by atoms with Gasteiger partial charge in [-0.25, -0.2) is 0 Å². The Labute approximate surface area is 187 Å². The summed E-state index contributed by atoms with van der Waals surface area (Å²) >= 11 is 0. The van der Waals surface area contributed by atoms with Gasteiger partial charge in [0.05, 0.1) is 17.8 Å². The molecule has 3 aromatic rings. The molecular weight excluding hydrogens is 414 g/mol. The van der Waals surface area contributed by atoms with Crippen LogP contribution in [-0.2, 0) is 31.1 Å². The van der Waals surface area contributed by atoms with Crippen molar-refractivity contribution < 1.29 is 9.90 Å². The standard InChI is InChI=1S/C23H25N5O2.ClH/c1-13-10-16(7-8-17(13)22-18-4-3-5-19(18)27-28(22)2)26-21(30)12-15-11-14(23(24)25)6-9-20(15)29;/h6-11,29H,3-5,12H2,1-2H3,(H3,24,25)(H,26,30);1H. The molecule has 0 fully saturated rings. The summed E-state index contributed by atoms with van der Waals surface area (Å²) in [5.41, 5.74) is 13.0. The van der Waals surface area contributed by atoms with Crippen LogP contribution in [0.3, 0.4) is 0 Å². The highest BCUT2D eigenvalue weighted by Gasteiger charge is 2.22. The van der Waals surface area contributed by atoms with E-state index < -0.39 is 0 Å². The number of aromatic nitrogens is 2. The normalized spacial score (nSPS) is 12.2. The Kier molecular flexibility index (Phi) is 6.36. The Morgan fingerprint density at radius 2 is 2.03 bits per heavy atom. The van der Waals surface area contributed by atoms with Crippen LogP contribution in [0, 0.1) is 12.3 Å². The second kappa shape index (κ2) is 8.81. The van der Waals surface area contributed by atoms with Crippen LogP contribution in [0.2, 0.25) is 0 Å². The van der Waals surface area contributed by atoms with Gasteiger partial charge < -0.3 is 16.2 Å². The number of carbonyl (C=O) groups excluding carboxylic acids is 1. The second-order valence-electron chi connectivity index (χ2n) is 7.76. The third kappa shape index (κ3) is 4.41. The number of hydrogen-bond acceptors (Lipinski definition) is 4. The van der Waals surface area contributed by atoms with E-state index in [-0.39, 0.29) is 36.3 Å². The Hall–Kier alpha value is -3.32. The zero-order chi connectivity index (χ0) is 21.4. The lowest BCUT2D eigenvalue weighted by Gasteiger charge is -2.12. The lowest BCUT2D eigenvalue weighted by molar-refractivity contribution is -0.115. The Balaban J connectivity index is 0.00000272. The number of fused-ring (bicyclic) bond motifs is 1. The van der Waals surface area contributed by atoms with Gasteiger partial charge >= 0.3 is 0 Å². The number of nitrogens with zero attached hydrogens (tertiary/aromatic N) is 2. The number of rotatable bonds is 5. The first kappa shape index (κ1) is 22.4. The van der Waals surface area contributed by atoms with Crippen molar-refractivity contribution in [2.24, 2.45) is 12.8 Å². The molecule has 0 saturated heterocycles. The molecule has 31 heavy (non-hydrogen) atoms. The first-order valence-electron chi connectivity index (χ1n) is 9.95. The number of amides is 1. The summed E-state index contributed by atoms with van der Waals surface area (Å²) < 4.78 is 1.95. The number of nitrogens with two attached hydrogens (primary N) is 1. The van der Waals surface area contributed by atoms with Crippen molar-refractivity contribution in [3.63, 3.8) is 0 Å². The third-order valence-corrected chi connectivity index (χ3v) is 5.58. The maximum Gasteiger partial charge on any atom is 0.228 e.